The average molecular weight is 206 g/mol. The number of benzene rings is 1. The predicted molar refractivity (Wildman–Crippen MR) is 57.5 cm³/mol. The van der Waals surface area contributed by atoms with E-state index in [1.807, 2.05) is 0 Å². The molecule has 0 unspecified atom stereocenters. The molecular formula is C11H14N2O2. The number of rotatable bonds is 2. The fraction of sp³-hybridized carbons (Fsp3) is 0.364. The van der Waals surface area contributed by atoms with E-state index in [1.54, 1.807) is 18.2 Å². The Balaban J connectivity index is 2.33. The van der Waals surface area contributed by atoms with Gasteiger partial charge in [-0.25, -0.2) is 0 Å². The van der Waals surface area contributed by atoms with Crippen LogP contribution < -0.4 is 11.1 Å². The summed E-state index contributed by atoms with van der Waals surface area (Å²) in [6.45, 7) is 1.45. The van der Waals surface area contributed by atoms with Crippen molar-refractivity contribution in [2.45, 2.75) is 25.3 Å². The fourth-order valence-corrected chi connectivity index (χ4v) is 1.62. The average Bonchev–Trinajstić information content (AvgIpc) is 2.87. The van der Waals surface area contributed by atoms with Crippen molar-refractivity contribution in [3.05, 3.63) is 23.8 Å². The molecule has 0 bridgehead atoms. The van der Waals surface area contributed by atoms with Crippen LogP contribution in [0.5, 0.6) is 5.75 Å². The highest BCUT2D eigenvalue weighted by Crippen LogP contribution is 2.46. The van der Waals surface area contributed by atoms with Gasteiger partial charge in [0.1, 0.15) is 5.75 Å². The van der Waals surface area contributed by atoms with Crippen LogP contribution >= 0.6 is 0 Å². The molecule has 4 nitrogen and oxygen atoms in total. The highest BCUT2D eigenvalue weighted by atomic mass is 16.3. The number of aromatic hydroxyl groups is 1. The molecule has 1 aliphatic rings. The second-order valence-electron chi connectivity index (χ2n) is 4.07. The summed E-state index contributed by atoms with van der Waals surface area (Å²) < 4.78 is 0. The number of phenolic OH excluding ortho intramolecular Hbond substituents is 1. The molecule has 0 spiro atoms. The molecule has 4 heteroatoms. The van der Waals surface area contributed by atoms with Crippen molar-refractivity contribution in [2.75, 3.05) is 5.32 Å². The molecule has 0 atom stereocenters. The monoisotopic (exact) mass is 206 g/mol. The summed E-state index contributed by atoms with van der Waals surface area (Å²) in [5, 5.41) is 12.3. The molecular weight excluding hydrogens is 192 g/mol. The van der Waals surface area contributed by atoms with E-state index in [4.69, 9.17) is 5.73 Å². The number of carbonyl (C=O) groups excluding carboxylic acids is 1. The molecule has 1 aromatic carbocycles. The number of nitrogens with one attached hydrogen (secondary N) is 1. The summed E-state index contributed by atoms with van der Waals surface area (Å²) in [6.07, 6.45) is 1.76. The molecule has 15 heavy (non-hydrogen) atoms. The van der Waals surface area contributed by atoms with Gasteiger partial charge in [0.05, 0.1) is 0 Å². The molecule has 0 aromatic heterocycles. The summed E-state index contributed by atoms with van der Waals surface area (Å²) in [4.78, 5) is 10.9. The van der Waals surface area contributed by atoms with Crippen LogP contribution in [0.15, 0.2) is 18.2 Å². The first-order valence-electron chi connectivity index (χ1n) is 4.91. The smallest absolute Gasteiger partial charge is 0.221 e. The summed E-state index contributed by atoms with van der Waals surface area (Å²) in [7, 11) is 0. The lowest BCUT2D eigenvalue weighted by Gasteiger charge is -2.13. The minimum atomic E-state index is -0.390. The van der Waals surface area contributed by atoms with Crippen molar-refractivity contribution in [3.63, 3.8) is 0 Å². The SMILES string of the molecule is CC(=O)Nc1ccc(O)c(C2(N)CC2)c1. The molecule has 0 heterocycles. The van der Waals surface area contributed by atoms with Gasteiger partial charge in [0.2, 0.25) is 5.91 Å². The lowest BCUT2D eigenvalue weighted by atomic mass is 10.0. The third kappa shape index (κ3) is 1.94. The van der Waals surface area contributed by atoms with E-state index >= 15 is 0 Å². The molecule has 80 valence electrons. The Labute approximate surface area is 88.1 Å². The fourth-order valence-electron chi connectivity index (χ4n) is 1.62. The number of amides is 1. The first-order chi connectivity index (χ1) is 7.01. The van der Waals surface area contributed by atoms with Crippen LogP contribution in [-0.2, 0) is 10.3 Å². The van der Waals surface area contributed by atoms with Crippen LogP contribution in [0, 0.1) is 0 Å². The molecule has 1 saturated carbocycles. The molecule has 0 saturated heterocycles. The van der Waals surface area contributed by atoms with Gasteiger partial charge in [-0.05, 0) is 31.0 Å². The third-order valence-corrected chi connectivity index (χ3v) is 2.64. The van der Waals surface area contributed by atoms with E-state index in [9.17, 15) is 9.90 Å². The largest absolute Gasteiger partial charge is 0.508 e. The Morgan fingerprint density at radius 1 is 1.53 bits per heavy atom. The van der Waals surface area contributed by atoms with Gasteiger partial charge in [-0.3, -0.25) is 4.79 Å². The zero-order chi connectivity index (χ0) is 11.1. The quantitative estimate of drug-likeness (QED) is 0.638. The van der Waals surface area contributed by atoms with Crippen molar-refractivity contribution in [1.82, 2.24) is 0 Å². The number of hydrogen-bond acceptors (Lipinski definition) is 3. The second kappa shape index (κ2) is 3.24. The van der Waals surface area contributed by atoms with Gasteiger partial charge in [-0.1, -0.05) is 0 Å². The highest BCUT2D eigenvalue weighted by molar-refractivity contribution is 5.88. The molecule has 4 N–H and O–H groups in total. The van der Waals surface area contributed by atoms with E-state index in [0.29, 0.717) is 11.3 Å². The summed E-state index contributed by atoms with van der Waals surface area (Å²) in [6, 6.07) is 4.96. The van der Waals surface area contributed by atoms with Gasteiger partial charge in [-0.15, -0.1) is 0 Å². The maximum absolute atomic E-state index is 10.9. The summed E-state index contributed by atoms with van der Waals surface area (Å²) in [5.41, 5.74) is 6.99. The van der Waals surface area contributed by atoms with Crippen LogP contribution in [0.4, 0.5) is 5.69 Å². The second-order valence-corrected chi connectivity index (χ2v) is 4.07. The Bertz CT molecular complexity index is 411. The Kier molecular flexibility index (Phi) is 2.16. The Hall–Kier alpha value is -1.55. The molecule has 0 aliphatic heterocycles. The van der Waals surface area contributed by atoms with Crippen molar-refractivity contribution >= 4 is 11.6 Å². The molecule has 1 aliphatic carbocycles. The first-order valence-corrected chi connectivity index (χ1v) is 4.91. The van der Waals surface area contributed by atoms with Crippen LogP contribution in [0.1, 0.15) is 25.3 Å². The molecule has 2 rings (SSSR count). The van der Waals surface area contributed by atoms with Gasteiger partial charge in [-0.2, -0.15) is 0 Å². The number of phenols is 1. The van der Waals surface area contributed by atoms with Gasteiger partial charge in [0.25, 0.3) is 0 Å². The number of nitrogens with two attached hydrogens (primary N) is 1. The van der Waals surface area contributed by atoms with E-state index in [1.165, 1.54) is 6.92 Å². The summed E-state index contributed by atoms with van der Waals surface area (Å²) in [5.74, 6) is 0.0672. The summed E-state index contributed by atoms with van der Waals surface area (Å²) >= 11 is 0. The van der Waals surface area contributed by atoms with Crippen molar-refractivity contribution in [2.24, 2.45) is 5.73 Å². The first kappa shape index (κ1) is 9.98. The maximum Gasteiger partial charge on any atom is 0.221 e. The van der Waals surface area contributed by atoms with E-state index in [-0.39, 0.29) is 11.7 Å². The zero-order valence-corrected chi connectivity index (χ0v) is 8.58. The van der Waals surface area contributed by atoms with Crippen LogP contribution in [-0.4, -0.2) is 11.0 Å². The lowest BCUT2D eigenvalue weighted by Crippen LogP contribution is -2.19. The van der Waals surface area contributed by atoms with Crippen LogP contribution in [0.3, 0.4) is 0 Å². The third-order valence-electron chi connectivity index (χ3n) is 2.64. The lowest BCUT2D eigenvalue weighted by molar-refractivity contribution is -0.114. The molecule has 1 amide bonds. The Morgan fingerprint density at radius 3 is 2.73 bits per heavy atom. The van der Waals surface area contributed by atoms with E-state index < -0.39 is 5.54 Å². The highest BCUT2D eigenvalue weighted by Gasteiger charge is 2.42. The van der Waals surface area contributed by atoms with Crippen molar-refractivity contribution in [1.29, 1.82) is 0 Å². The number of hydrogen-bond donors (Lipinski definition) is 3. The molecule has 0 radical (unpaired) electrons. The molecule has 1 fully saturated rings. The van der Waals surface area contributed by atoms with E-state index in [0.717, 1.165) is 12.8 Å². The number of carbonyl (C=O) groups is 1. The molecule has 1 aromatic rings. The standard InChI is InChI=1S/C11H14N2O2/c1-7(14)13-8-2-3-10(15)9(6-8)11(12)4-5-11/h2-3,6,15H,4-5,12H2,1H3,(H,13,14). The Morgan fingerprint density at radius 2 is 2.20 bits per heavy atom. The predicted octanol–water partition coefficient (Wildman–Crippen LogP) is 1.30. The van der Waals surface area contributed by atoms with Crippen LogP contribution in [0.2, 0.25) is 0 Å². The van der Waals surface area contributed by atoms with Gasteiger partial charge >= 0.3 is 0 Å². The van der Waals surface area contributed by atoms with Crippen LogP contribution in [0.25, 0.3) is 0 Å². The van der Waals surface area contributed by atoms with Gasteiger partial charge in [0.15, 0.2) is 0 Å². The normalized spacial score (nSPS) is 17.2. The minimum absolute atomic E-state index is 0.131. The van der Waals surface area contributed by atoms with Crippen molar-refractivity contribution in [3.8, 4) is 5.75 Å². The minimum Gasteiger partial charge on any atom is -0.508 e. The van der Waals surface area contributed by atoms with Gasteiger partial charge in [0, 0.05) is 23.7 Å². The maximum atomic E-state index is 10.9. The van der Waals surface area contributed by atoms with Crippen molar-refractivity contribution < 1.29 is 9.90 Å². The zero-order valence-electron chi connectivity index (χ0n) is 8.58. The number of anilines is 1. The topological polar surface area (TPSA) is 75.3 Å². The van der Waals surface area contributed by atoms with E-state index in [2.05, 4.69) is 5.32 Å². The van der Waals surface area contributed by atoms with Gasteiger partial charge < -0.3 is 16.2 Å².